The third-order valence-electron chi connectivity index (χ3n) is 3.49. The van der Waals surface area contributed by atoms with Crippen molar-refractivity contribution in [2.75, 3.05) is 6.26 Å². The van der Waals surface area contributed by atoms with Crippen LogP contribution in [0.25, 0.3) is 0 Å². The van der Waals surface area contributed by atoms with E-state index in [1.165, 1.54) is 6.92 Å². The lowest BCUT2D eigenvalue weighted by Gasteiger charge is -2.19. The molecule has 0 saturated carbocycles. The number of carbonyl (C=O) groups excluding carboxylic acids is 1. The molecular weight excluding hydrogens is 306 g/mol. The summed E-state index contributed by atoms with van der Waals surface area (Å²) in [5.41, 5.74) is 0.954. The zero-order chi connectivity index (χ0) is 16.2. The van der Waals surface area contributed by atoms with Crippen molar-refractivity contribution in [3.8, 4) is 0 Å². The first-order valence-corrected chi connectivity index (χ1v) is 9.70. The zero-order valence-electron chi connectivity index (χ0n) is 13.1. The quantitative estimate of drug-likeness (QED) is 0.815. The Kier molecular flexibility index (Phi) is 6.28. The van der Waals surface area contributed by atoms with Gasteiger partial charge in [-0.2, -0.15) is 0 Å². The van der Waals surface area contributed by atoms with Crippen LogP contribution in [-0.2, 0) is 14.6 Å². The van der Waals surface area contributed by atoms with Crippen LogP contribution in [0.3, 0.4) is 0 Å². The highest BCUT2D eigenvalue weighted by atomic mass is 32.2. The van der Waals surface area contributed by atoms with E-state index in [0.717, 1.165) is 10.5 Å². The first kappa shape index (κ1) is 18.0. The zero-order valence-corrected chi connectivity index (χ0v) is 14.7. The van der Waals surface area contributed by atoms with E-state index < -0.39 is 26.2 Å². The second-order valence-corrected chi connectivity index (χ2v) is 8.99. The summed E-state index contributed by atoms with van der Waals surface area (Å²) in [7, 11) is -3.43. The standard InChI is InChI=1S/C15H23NO3S2/c1-10(2)21(18,19)12(4)15(17)16-11(3)13-6-8-14(20-5)9-7-13/h6-12H,1-5H3,(H,16,17)/t11-,12-/m0/s1. The molecule has 0 aromatic heterocycles. The SMILES string of the molecule is CSc1ccc([C@H](C)NC(=O)[C@H](C)S(=O)(=O)C(C)C)cc1. The van der Waals surface area contributed by atoms with Gasteiger partial charge in [-0.15, -0.1) is 11.8 Å². The van der Waals surface area contributed by atoms with Crippen LogP contribution >= 0.6 is 11.8 Å². The largest absolute Gasteiger partial charge is 0.348 e. The summed E-state index contributed by atoms with van der Waals surface area (Å²) in [6.45, 7) is 6.46. The number of hydrogen-bond donors (Lipinski definition) is 1. The maximum absolute atomic E-state index is 12.1. The Morgan fingerprint density at radius 3 is 2.05 bits per heavy atom. The molecule has 0 aliphatic carbocycles. The summed E-state index contributed by atoms with van der Waals surface area (Å²) in [5.74, 6) is -0.454. The van der Waals surface area contributed by atoms with Gasteiger partial charge in [-0.1, -0.05) is 12.1 Å². The highest BCUT2D eigenvalue weighted by Gasteiger charge is 2.31. The minimum atomic E-state index is -3.43. The number of sulfone groups is 1. The fourth-order valence-electron chi connectivity index (χ4n) is 1.86. The van der Waals surface area contributed by atoms with Gasteiger partial charge in [0.05, 0.1) is 11.3 Å². The summed E-state index contributed by atoms with van der Waals surface area (Å²) in [4.78, 5) is 13.3. The molecule has 0 saturated heterocycles. The number of nitrogens with one attached hydrogen (secondary N) is 1. The van der Waals surface area contributed by atoms with E-state index in [2.05, 4.69) is 5.32 Å². The second kappa shape index (κ2) is 7.31. The summed E-state index contributed by atoms with van der Waals surface area (Å²) in [6, 6.07) is 7.63. The van der Waals surface area contributed by atoms with Gasteiger partial charge in [0.1, 0.15) is 5.25 Å². The van der Waals surface area contributed by atoms with Crippen LogP contribution in [0, 0.1) is 0 Å². The van der Waals surface area contributed by atoms with Crippen molar-refractivity contribution in [2.45, 2.75) is 49.1 Å². The lowest BCUT2D eigenvalue weighted by molar-refractivity contribution is -0.121. The highest BCUT2D eigenvalue weighted by molar-refractivity contribution is 7.98. The van der Waals surface area contributed by atoms with Gasteiger partial charge < -0.3 is 5.32 Å². The number of hydrogen-bond acceptors (Lipinski definition) is 4. The maximum Gasteiger partial charge on any atom is 0.238 e. The molecule has 0 spiro atoms. The van der Waals surface area contributed by atoms with Crippen LogP contribution < -0.4 is 5.32 Å². The van der Waals surface area contributed by atoms with E-state index in [1.807, 2.05) is 37.4 Å². The molecule has 4 nitrogen and oxygen atoms in total. The Morgan fingerprint density at radius 1 is 1.10 bits per heavy atom. The van der Waals surface area contributed by atoms with Crippen LogP contribution in [-0.4, -0.2) is 31.1 Å². The molecular formula is C15H23NO3S2. The van der Waals surface area contributed by atoms with Gasteiger partial charge in [0, 0.05) is 4.90 Å². The van der Waals surface area contributed by atoms with Crippen LogP contribution in [0.1, 0.15) is 39.3 Å². The number of amides is 1. The van der Waals surface area contributed by atoms with Crippen molar-refractivity contribution in [2.24, 2.45) is 0 Å². The van der Waals surface area contributed by atoms with E-state index in [4.69, 9.17) is 0 Å². The average Bonchev–Trinajstić information content (AvgIpc) is 2.46. The molecule has 0 fully saturated rings. The molecule has 118 valence electrons. The predicted octanol–water partition coefficient (Wildman–Crippen LogP) is 2.80. The molecule has 1 aromatic rings. The Labute approximate surface area is 131 Å². The fourth-order valence-corrected chi connectivity index (χ4v) is 3.46. The first-order chi connectivity index (χ1) is 9.70. The molecule has 0 radical (unpaired) electrons. The molecule has 1 N–H and O–H groups in total. The molecule has 21 heavy (non-hydrogen) atoms. The maximum atomic E-state index is 12.1. The van der Waals surface area contributed by atoms with Crippen molar-refractivity contribution in [1.82, 2.24) is 5.32 Å². The molecule has 1 aromatic carbocycles. The summed E-state index contributed by atoms with van der Waals surface area (Å²) >= 11 is 1.65. The summed E-state index contributed by atoms with van der Waals surface area (Å²) in [5, 5.41) is 1.17. The van der Waals surface area contributed by atoms with E-state index in [-0.39, 0.29) is 6.04 Å². The smallest absolute Gasteiger partial charge is 0.238 e. The topological polar surface area (TPSA) is 63.2 Å². The Balaban J connectivity index is 2.78. The fraction of sp³-hybridized carbons (Fsp3) is 0.533. The van der Waals surface area contributed by atoms with Crippen LogP contribution in [0.5, 0.6) is 0 Å². The summed E-state index contributed by atoms with van der Waals surface area (Å²) < 4.78 is 24.0. The first-order valence-electron chi connectivity index (χ1n) is 6.87. The molecule has 0 bridgehead atoms. The van der Waals surface area contributed by atoms with E-state index in [9.17, 15) is 13.2 Å². The monoisotopic (exact) mass is 329 g/mol. The molecule has 0 aliphatic rings. The van der Waals surface area contributed by atoms with Crippen molar-refractivity contribution >= 4 is 27.5 Å². The third-order valence-corrected chi connectivity index (χ3v) is 6.75. The molecule has 0 heterocycles. The van der Waals surface area contributed by atoms with Gasteiger partial charge in [-0.3, -0.25) is 4.79 Å². The summed E-state index contributed by atoms with van der Waals surface area (Å²) in [6.07, 6.45) is 2.00. The van der Waals surface area contributed by atoms with Gasteiger partial charge in [0.25, 0.3) is 0 Å². The number of rotatable bonds is 6. The van der Waals surface area contributed by atoms with Gasteiger partial charge in [-0.25, -0.2) is 8.42 Å². The molecule has 6 heteroatoms. The molecule has 2 atom stereocenters. The van der Waals surface area contributed by atoms with Gasteiger partial charge >= 0.3 is 0 Å². The van der Waals surface area contributed by atoms with E-state index in [1.54, 1.807) is 25.6 Å². The van der Waals surface area contributed by atoms with Crippen LogP contribution in [0.4, 0.5) is 0 Å². The predicted molar refractivity (Wildman–Crippen MR) is 88.3 cm³/mol. The van der Waals surface area contributed by atoms with Gasteiger partial charge in [0.15, 0.2) is 9.84 Å². The van der Waals surface area contributed by atoms with Crippen LogP contribution in [0.2, 0.25) is 0 Å². The third kappa shape index (κ3) is 4.48. The van der Waals surface area contributed by atoms with Crippen LogP contribution in [0.15, 0.2) is 29.2 Å². The Morgan fingerprint density at radius 2 is 1.62 bits per heavy atom. The minimum absolute atomic E-state index is 0.224. The Bertz CT molecular complexity index is 579. The van der Waals surface area contributed by atoms with Crippen molar-refractivity contribution in [1.29, 1.82) is 0 Å². The number of carbonyl (C=O) groups is 1. The molecule has 0 unspecified atom stereocenters. The Hall–Kier alpha value is -1.01. The van der Waals surface area contributed by atoms with Crippen molar-refractivity contribution < 1.29 is 13.2 Å². The normalized spacial score (nSPS) is 14.8. The second-order valence-electron chi connectivity index (χ2n) is 5.28. The van der Waals surface area contributed by atoms with Gasteiger partial charge in [0.2, 0.25) is 5.91 Å². The highest BCUT2D eigenvalue weighted by Crippen LogP contribution is 2.19. The molecule has 1 amide bonds. The van der Waals surface area contributed by atoms with Crippen molar-refractivity contribution in [3.05, 3.63) is 29.8 Å². The number of benzene rings is 1. The van der Waals surface area contributed by atoms with E-state index >= 15 is 0 Å². The average molecular weight is 329 g/mol. The lowest BCUT2D eigenvalue weighted by atomic mass is 10.1. The molecule has 1 rings (SSSR count). The minimum Gasteiger partial charge on any atom is -0.348 e. The van der Waals surface area contributed by atoms with E-state index in [0.29, 0.717) is 0 Å². The molecule has 0 aliphatic heterocycles. The van der Waals surface area contributed by atoms with Gasteiger partial charge in [-0.05, 0) is 51.6 Å². The lowest BCUT2D eigenvalue weighted by Crippen LogP contribution is -2.41. The number of thioether (sulfide) groups is 1. The van der Waals surface area contributed by atoms with Crippen molar-refractivity contribution in [3.63, 3.8) is 0 Å².